The van der Waals surface area contributed by atoms with Gasteiger partial charge in [-0.1, -0.05) is 25.3 Å². The lowest BCUT2D eigenvalue weighted by Crippen LogP contribution is -2.24. The fourth-order valence-corrected chi connectivity index (χ4v) is 5.44. The molecule has 0 aliphatic heterocycles. The monoisotopic (exact) mass is 532 g/mol. The van der Waals surface area contributed by atoms with E-state index < -0.39 is 5.82 Å². The van der Waals surface area contributed by atoms with Gasteiger partial charge in [-0.2, -0.15) is 5.10 Å². The summed E-state index contributed by atoms with van der Waals surface area (Å²) >= 11 is 0. The summed E-state index contributed by atoms with van der Waals surface area (Å²) in [6.07, 6.45) is 11.7. The molecule has 40 heavy (non-hydrogen) atoms. The highest BCUT2D eigenvalue weighted by Crippen LogP contribution is 2.34. The Labute approximate surface area is 228 Å². The summed E-state index contributed by atoms with van der Waals surface area (Å²) in [5, 5.41) is 11.0. The predicted octanol–water partition coefficient (Wildman–Crippen LogP) is 6.28. The first kappa shape index (κ1) is 24.1. The molecule has 5 heterocycles. The number of imidazole rings is 1. The topological polar surface area (TPSA) is 125 Å². The molecule has 0 unspecified atom stereocenters. The molecule has 3 N–H and O–H groups in total. The Morgan fingerprint density at radius 1 is 0.950 bits per heavy atom. The van der Waals surface area contributed by atoms with Crippen LogP contribution in [0.1, 0.15) is 32.1 Å². The van der Waals surface area contributed by atoms with E-state index in [1.807, 2.05) is 24.3 Å². The van der Waals surface area contributed by atoms with Crippen LogP contribution in [0, 0.1) is 11.7 Å². The van der Waals surface area contributed by atoms with Gasteiger partial charge in [0, 0.05) is 47.1 Å². The minimum absolute atomic E-state index is 0.00357. The van der Waals surface area contributed by atoms with Gasteiger partial charge in [-0.15, -0.1) is 0 Å². The number of rotatable bonds is 5. The molecule has 1 aliphatic carbocycles. The number of pyridine rings is 3. The van der Waals surface area contributed by atoms with Gasteiger partial charge < -0.3 is 10.3 Å². The average Bonchev–Trinajstić information content (AvgIpc) is 3.61. The second-order valence-corrected chi connectivity index (χ2v) is 10.1. The Kier molecular flexibility index (Phi) is 5.99. The van der Waals surface area contributed by atoms with Gasteiger partial charge in [0.05, 0.1) is 28.6 Å². The van der Waals surface area contributed by atoms with E-state index in [4.69, 9.17) is 4.98 Å². The molecule has 198 valence electrons. The van der Waals surface area contributed by atoms with E-state index in [2.05, 4.69) is 35.5 Å². The number of nitrogens with one attached hydrogen (secondary N) is 3. The summed E-state index contributed by atoms with van der Waals surface area (Å²) in [4.78, 5) is 34.1. The second kappa shape index (κ2) is 9.96. The molecular weight excluding hydrogens is 507 g/mol. The summed E-state index contributed by atoms with van der Waals surface area (Å²) in [5.41, 5.74) is 5.36. The molecular formula is C30H25FN8O. The lowest BCUT2D eigenvalue weighted by Gasteiger charge is -2.20. The Bertz CT molecular complexity index is 1860. The summed E-state index contributed by atoms with van der Waals surface area (Å²) in [6, 6.07) is 12.4. The van der Waals surface area contributed by atoms with E-state index in [0.29, 0.717) is 56.1 Å². The highest BCUT2D eigenvalue weighted by atomic mass is 19.1. The van der Waals surface area contributed by atoms with Crippen molar-refractivity contribution in [2.75, 3.05) is 5.32 Å². The van der Waals surface area contributed by atoms with Crippen LogP contribution in [0.2, 0.25) is 0 Å². The van der Waals surface area contributed by atoms with E-state index in [1.165, 1.54) is 12.5 Å². The minimum atomic E-state index is -0.425. The van der Waals surface area contributed by atoms with Crippen molar-refractivity contribution in [3.8, 4) is 34.0 Å². The zero-order valence-electron chi connectivity index (χ0n) is 21.5. The lowest BCUT2D eigenvalue weighted by molar-refractivity contribution is -0.120. The second-order valence-electron chi connectivity index (χ2n) is 10.1. The Hall–Kier alpha value is -4.99. The van der Waals surface area contributed by atoms with Gasteiger partial charge in [0.2, 0.25) is 5.91 Å². The molecule has 0 saturated heterocycles. The third-order valence-electron chi connectivity index (χ3n) is 7.48. The van der Waals surface area contributed by atoms with E-state index in [1.54, 1.807) is 36.9 Å². The van der Waals surface area contributed by atoms with Crippen LogP contribution < -0.4 is 5.32 Å². The molecule has 1 amide bonds. The summed E-state index contributed by atoms with van der Waals surface area (Å²) < 4.78 is 15.3. The Morgan fingerprint density at radius 3 is 2.70 bits per heavy atom. The molecule has 0 spiro atoms. The van der Waals surface area contributed by atoms with Gasteiger partial charge in [0.25, 0.3) is 0 Å². The van der Waals surface area contributed by atoms with E-state index in [0.717, 1.165) is 31.2 Å². The number of hydrogen-bond acceptors (Lipinski definition) is 6. The molecule has 1 aromatic carbocycles. The number of fused-ring (bicyclic) bond motifs is 2. The van der Waals surface area contributed by atoms with Gasteiger partial charge in [-0.25, -0.2) is 9.37 Å². The van der Waals surface area contributed by atoms with Crippen LogP contribution in [-0.4, -0.2) is 41.0 Å². The van der Waals surface area contributed by atoms with Crippen molar-refractivity contribution in [2.24, 2.45) is 5.92 Å². The molecule has 1 fully saturated rings. The molecule has 0 bridgehead atoms. The first-order chi connectivity index (χ1) is 19.6. The number of carbonyl (C=O) groups is 1. The number of amides is 1. The maximum absolute atomic E-state index is 15.3. The highest BCUT2D eigenvalue weighted by Gasteiger charge is 2.22. The van der Waals surface area contributed by atoms with Crippen LogP contribution >= 0.6 is 0 Å². The van der Waals surface area contributed by atoms with Gasteiger partial charge in [-0.3, -0.25) is 24.8 Å². The number of H-pyrrole nitrogens is 2. The number of aromatic amines is 2. The first-order valence-electron chi connectivity index (χ1n) is 13.3. The molecule has 9 nitrogen and oxygen atoms in total. The summed E-state index contributed by atoms with van der Waals surface area (Å²) in [5.74, 6) is 0.106. The fourth-order valence-electron chi connectivity index (χ4n) is 5.44. The van der Waals surface area contributed by atoms with Crippen molar-refractivity contribution in [3.05, 3.63) is 73.1 Å². The van der Waals surface area contributed by atoms with Crippen molar-refractivity contribution < 1.29 is 9.18 Å². The third-order valence-corrected chi connectivity index (χ3v) is 7.48. The SMILES string of the molecule is O=C(Nc1cncc(-c2cc3c(-c4nc5c(-c6ccccn6)nccc5[nH]4)n[nH]c3cc2F)c1)C1CCCCC1. The van der Waals surface area contributed by atoms with Gasteiger partial charge >= 0.3 is 0 Å². The van der Waals surface area contributed by atoms with Crippen molar-refractivity contribution in [3.63, 3.8) is 0 Å². The molecule has 1 aliphatic rings. The number of aromatic nitrogens is 7. The largest absolute Gasteiger partial charge is 0.336 e. The maximum Gasteiger partial charge on any atom is 0.227 e. The molecule has 6 aromatic rings. The predicted molar refractivity (Wildman–Crippen MR) is 151 cm³/mol. The van der Waals surface area contributed by atoms with Gasteiger partial charge in [-0.05, 0) is 43.2 Å². The maximum atomic E-state index is 15.3. The molecule has 0 radical (unpaired) electrons. The van der Waals surface area contributed by atoms with Crippen molar-refractivity contribution in [1.29, 1.82) is 0 Å². The number of anilines is 1. The van der Waals surface area contributed by atoms with Crippen molar-refractivity contribution >= 4 is 33.5 Å². The van der Waals surface area contributed by atoms with Crippen LogP contribution in [0.4, 0.5) is 10.1 Å². The van der Waals surface area contributed by atoms with Gasteiger partial charge in [0.15, 0.2) is 5.82 Å². The standard InChI is InChI=1S/C30H25FN8O/c31-22-14-25-21(13-20(22)18-12-19(16-32-15-18)35-30(40)17-6-2-1-3-7-17)26(39-38-25)29-36-24-9-11-34-27(28(24)37-29)23-8-4-5-10-33-23/h4-5,8-17H,1-3,6-7H2,(H,35,40)(H,36,37)(H,38,39). The molecule has 5 aromatic heterocycles. The minimum Gasteiger partial charge on any atom is -0.336 e. The zero-order chi connectivity index (χ0) is 27.1. The Balaban J connectivity index is 1.25. The molecule has 10 heteroatoms. The smallest absolute Gasteiger partial charge is 0.227 e. The Morgan fingerprint density at radius 2 is 1.85 bits per heavy atom. The number of benzene rings is 1. The zero-order valence-corrected chi connectivity index (χ0v) is 21.5. The number of nitrogens with zero attached hydrogens (tertiary/aromatic N) is 5. The van der Waals surface area contributed by atoms with Crippen molar-refractivity contribution in [2.45, 2.75) is 32.1 Å². The third kappa shape index (κ3) is 4.37. The molecule has 1 saturated carbocycles. The van der Waals surface area contributed by atoms with Crippen molar-refractivity contribution in [1.82, 2.24) is 35.1 Å². The normalized spacial score (nSPS) is 14.1. The lowest BCUT2D eigenvalue weighted by atomic mass is 9.88. The van der Waals surface area contributed by atoms with E-state index >= 15 is 4.39 Å². The molecule has 0 atom stereocenters. The average molecular weight is 533 g/mol. The summed E-state index contributed by atoms with van der Waals surface area (Å²) in [6.45, 7) is 0. The fraction of sp³-hybridized carbons (Fsp3) is 0.200. The highest BCUT2D eigenvalue weighted by molar-refractivity contribution is 5.98. The van der Waals surface area contributed by atoms with Crippen LogP contribution in [-0.2, 0) is 4.79 Å². The number of hydrogen-bond donors (Lipinski definition) is 3. The van der Waals surface area contributed by atoms with Crippen LogP contribution in [0.15, 0.2) is 67.3 Å². The first-order valence-corrected chi connectivity index (χ1v) is 13.3. The van der Waals surface area contributed by atoms with E-state index in [9.17, 15) is 4.79 Å². The number of carbonyl (C=O) groups excluding carboxylic acids is 1. The molecule has 7 rings (SSSR count). The van der Waals surface area contributed by atoms with Crippen LogP contribution in [0.25, 0.3) is 56.0 Å². The van der Waals surface area contributed by atoms with Gasteiger partial charge in [0.1, 0.15) is 22.7 Å². The van der Waals surface area contributed by atoms with Crippen LogP contribution in [0.3, 0.4) is 0 Å². The summed E-state index contributed by atoms with van der Waals surface area (Å²) in [7, 11) is 0. The number of halogens is 1. The van der Waals surface area contributed by atoms with E-state index in [-0.39, 0.29) is 11.8 Å². The van der Waals surface area contributed by atoms with Crippen LogP contribution in [0.5, 0.6) is 0 Å². The quantitative estimate of drug-likeness (QED) is 0.240.